The fourth-order valence-electron chi connectivity index (χ4n) is 4.24. The molecule has 20 heavy (non-hydrogen) atoms. The lowest BCUT2D eigenvalue weighted by molar-refractivity contribution is -0.0705. The van der Waals surface area contributed by atoms with Crippen molar-refractivity contribution in [2.75, 3.05) is 24.7 Å². The molecule has 1 spiro atoms. The van der Waals surface area contributed by atoms with Crippen molar-refractivity contribution >= 4 is 11.8 Å². The zero-order chi connectivity index (χ0) is 13.8. The van der Waals surface area contributed by atoms with Gasteiger partial charge in [0, 0.05) is 18.4 Å². The van der Waals surface area contributed by atoms with Gasteiger partial charge in [0.05, 0.1) is 5.60 Å². The van der Waals surface area contributed by atoms with Gasteiger partial charge in [-0.05, 0) is 56.2 Å². The zero-order valence-electron chi connectivity index (χ0n) is 13.0. The lowest BCUT2D eigenvalue weighted by Gasteiger charge is -2.39. The van der Waals surface area contributed by atoms with Gasteiger partial charge in [-0.15, -0.1) is 0 Å². The van der Waals surface area contributed by atoms with Crippen molar-refractivity contribution in [2.45, 2.75) is 69.9 Å². The summed E-state index contributed by atoms with van der Waals surface area (Å²) in [6, 6.07) is 0.714. The highest BCUT2D eigenvalue weighted by molar-refractivity contribution is 7.99. The maximum Gasteiger partial charge on any atom is 0.0795 e. The Balaban J connectivity index is 1.40. The van der Waals surface area contributed by atoms with E-state index < -0.39 is 0 Å². The maximum absolute atomic E-state index is 6.12. The first-order chi connectivity index (χ1) is 9.80. The number of nitrogens with one attached hydrogen (secondary N) is 1. The molecule has 2 aliphatic heterocycles. The molecule has 2 saturated heterocycles. The van der Waals surface area contributed by atoms with Crippen molar-refractivity contribution in [3.63, 3.8) is 0 Å². The Kier molecular flexibility index (Phi) is 5.33. The van der Waals surface area contributed by atoms with E-state index in [0.29, 0.717) is 6.04 Å². The summed E-state index contributed by atoms with van der Waals surface area (Å²) in [4.78, 5) is 0. The summed E-state index contributed by atoms with van der Waals surface area (Å²) in [6.07, 6.45) is 11.0. The number of thioether (sulfide) groups is 1. The fraction of sp³-hybridized carbons (Fsp3) is 1.00. The minimum absolute atomic E-state index is 0.237. The minimum atomic E-state index is 0.237. The summed E-state index contributed by atoms with van der Waals surface area (Å²) in [6.45, 7) is 4.58. The summed E-state index contributed by atoms with van der Waals surface area (Å²) in [7, 11) is 0. The molecular formula is C17H31NOS. The van der Waals surface area contributed by atoms with Gasteiger partial charge >= 0.3 is 0 Å². The predicted molar refractivity (Wildman–Crippen MR) is 87.4 cm³/mol. The third-order valence-electron chi connectivity index (χ3n) is 5.80. The van der Waals surface area contributed by atoms with E-state index in [-0.39, 0.29) is 5.60 Å². The van der Waals surface area contributed by atoms with Crippen LogP contribution in [0.3, 0.4) is 0 Å². The molecule has 3 aliphatic rings. The highest BCUT2D eigenvalue weighted by Crippen LogP contribution is 2.38. The molecule has 1 saturated carbocycles. The van der Waals surface area contributed by atoms with Crippen LogP contribution in [-0.2, 0) is 4.74 Å². The Morgan fingerprint density at radius 1 is 1.15 bits per heavy atom. The fourth-order valence-corrected chi connectivity index (χ4v) is 5.62. The number of hydrogen-bond acceptors (Lipinski definition) is 3. The van der Waals surface area contributed by atoms with E-state index in [1.807, 2.05) is 0 Å². The van der Waals surface area contributed by atoms with Gasteiger partial charge in [0.2, 0.25) is 0 Å². The van der Waals surface area contributed by atoms with E-state index in [1.54, 1.807) is 0 Å². The summed E-state index contributed by atoms with van der Waals surface area (Å²) < 4.78 is 6.12. The van der Waals surface area contributed by atoms with Gasteiger partial charge in [-0.3, -0.25) is 0 Å². The topological polar surface area (TPSA) is 21.3 Å². The Hall–Kier alpha value is 0.270. The van der Waals surface area contributed by atoms with E-state index in [0.717, 1.165) is 18.4 Å². The van der Waals surface area contributed by atoms with Crippen LogP contribution in [0, 0.1) is 11.8 Å². The third kappa shape index (κ3) is 3.72. The predicted octanol–water partition coefficient (Wildman–Crippen LogP) is 3.85. The first-order valence-electron chi connectivity index (χ1n) is 8.75. The molecular weight excluding hydrogens is 266 g/mol. The Morgan fingerprint density at radius 2 is 1.95 bits per heavy atom. The first kappa shape index (κ1) is 15.2. The number of hydrogen-bond donors (Lipinski definition) is 1. The average Bonchev–Trinajstić information content (AvgIpc) is 2.93. The summed E-state index contributed by atoms with van der Waals surface area (Å²) in [5.74, 6) is 4.49. The largest absolute Gasteiger partial charge is 0.374 e. The minimum Gasteiger partial charge on any atom is -0.374 e. The molecule has 3 fully saturated rings. The molecule has 0 radical (unpaired) electrons. The number of rotatable bonds is 4. The third-order valence-corrected chi connectivity index (χ3v) is 7.02. The van der Waals surface area contributed by atoms with Crippen LogP contribution < -0.4 is 5.32 Å². The smallest absolute Gasteiger partial charge is 0.0795 e. The normalized spacial score (nSPS) is 42.1. The van der Waals surface area contributed by atoms with Crippen molar-refractivity contribution in [1.29, 1.82) is 0 Å². The molecule has 2 atom stereocenters. The molecule has 0 aromatic carbocycles. The van der Waals surface area contributed by atoms with Crippen LogP contribution in [-0.4, -0.2) is 36.3 Å². The molecule has 2 heterocycles. The lowest BCUT2D eigenvalue weighted by atomic mass is 9.80. The van der Waals surface area contributed by atoms with Gasteiger partial charge in [-0.25, -0.2) is 0 Å². The summed E-state index contributed by atoms with van der Waals surface area (Å²) in [5.41, 5.74) is 0.237. The monoisotopic (exact) mass is 297 g/mol. The summed E-state index contributed by atoms with van der Waals surface area (Å²) >= 11 is 2.08. The second kappa shape index (κ2) is 7.02. The Labute approximate surface area is 128 Å². The highest BCUT2D eigenvalue weighted by atomic mass is 32.2. The molecule has 0 bridgehead atoms. The average molecular weight is 298 g/mol. The van der Waals surface area contributed by atoms with Gasteiger partial charge in [-0.1, -0.05) is 26.2 Å². The van der Waals surface area contributed by atoms with Crippen molar-refractivity contribution in [3.8, 4) is 0 Å². The van der Waals surface area contributed by atoms with Crippen molar-refractivity contribution in [3.05, 3.63) is 0 Å². The van der Waals surface area contributed by atoms with Crippen molar-refractivity contribution < 1.29 is 4.74 Å². The molecule has 3 rings (SSSR count). The molecule has 2 nitrogen and oxygen atoms in total. The van der Waals surface area contributed by atoms with Gasteiger partial charge in [0.15, 0.2) is 0 Å². The van der Waals surface area contributed by atoms with E-state index in [9.17, 15) is 0 Å². The standard InChI is InChI=1S/C17H31NOS/c1-2-14-3-5-15(6-4-14)12-18-16-7-9-19-17(11-16)8-10-20-13-17/h14-16,18H,2-13H2,1H3. The Bertz CT molecular complexity index is 295. The van der Waals surface area contributed by atoms with E-state index in [4.69, 9.17) is 4.74 Å². The van der Waals surface area contributed by atoms with E-state index >= 15 is 0 Å². The molecule has 0 aromatic rings. The molecule has 1 N–H and O–H groups in total. The SMILES string of the molecule is CCC1CCC(CNC2CCOC3(CCSC3)C2)CC1. The highest BCUT2D eigenvalue weighted by Gasteiger charge is 2.40. The maximum atomic E-state index is 6.12. The van der Waals surface area contributed by atoms with E-state index in [2.05, 4.69) is 24.0 Å². The molecule has 0 amide bonds. The molecule has 3 heteroatoms. The van der Waals surface area contributed by atoms with Crippen LogP contribution in [0.2, 0.25) is 0 Å². The van der Waals surface area contributed by atoms with Crippen LogP contribution in [0.1, 0.15) is 58.3 Å². The van der Waals surface area contributed by atoms with Crippen LogP contribution in [0.4, 0.5) is 0 Å². The Morgan fingerprint density at radius 3 is 2.65 bits per heavy atom. The van der Waals surface area contributed by atoms with Gasteiger partial charge in [-0.2, -0.15) is 11.8 Å². The molecule has 2 unspecified atom stereocenters. The molecule has 116 valence electrons. The van der Waals surface area contributed by atoms with Crippen LogP contribution in [0.15, 0.2) is 0 Å². The van der Waals surface area contributed by atoms with Crippen molar-refractivity contribution in [2.24, 2.45) is 11.8 Å². The second-order valence-electron chi connectivity index (χ2n) is 7.23. The van der Waals surface area contributed by atoms with Crippen LogP contribution in [0.5, 0.6) is 0 Å². The first-order valence-corrected chi connectivity index (χ1v) is 9.90. The van der Waals surface area contributed by atoms with E-state index in [1.165, 1.54) is 69.4 Å². The van der Waals surface area contributed by atoms with Gasteiger partial charge < -0.3 is 10.1 Å². The molecule has 0 aromatic heterocycles. The van der Waals surface area contributed by atoms with Crippen LogP contribution >= 0.6 is 11.8 Å². The molecule has 1 aliphatic carbocycles. The number of ether oxygens (including phenoxy) is 1. The quantitative estimate of drug-likeness (QED) is 0.851. The van der Waals surface area contributed by atoms with Crippen LogP contribution in [0.25, 0.3) is 0 Å². The van der Waals surface area contributed by atoms with Gasteiger partial charge in [0.25, 0.3) is 0 Å². The van der Waals surface area contributed by atoms with Gasteiger partial charge in [0.1, 0.15) is 0 Å². The van der Waals surface area contributed by atoms with Crippen molar-refractivity contribution in [1.82, 2.24) is 5.32 Å². The lowest BCUT2D eigenvalue weighted by Crippen LogP contribution is -2.48. The second-order valence-corrected chi connectivity index (χ2v) is 8.33. The summed E-state index contributed by atoms with van der Waals surface area (Å²) in [5, 5.41) is 3.89. The zero-order valence-corrected chi connectivity index (χ0v) is 13.9.